The van der Waals surface area contributed by atoms with Crippen LogP contribution in [0.1, 0.15) is 37.7 Å². The molecule has 1 saturated heterocycles. The Labute approximate surface area is 202 Å². The average Bonchev–Trinajstić information content (AvgIpc) is 3.55. The van der Waals surface area contributed by atoms with E-state index in [0.29, 0.717) is 36.1 Å². The van der Waals surface area contributed by atoms with Crippen LogP contribution in [-0.4, -0.2) is 56.8 Å². The van der Waals surface area contributed by atoms with Crippen LogP contribution in [0.2, 0.25) is 38.3 Å². The Kier molecular flexibility index (Phi) is 9.31. The molecule has 1 aromatic carbocycles. The van der Waals surface area contributed by atoms with Crippen LogP contribution in [0.25, 0.3) is 0 Å². The standard InChI is InChI=1S/C25H44O6Si2/c1-26-23-16-20(17-24(27-2)25(23)28-3)18-29-12-8-13-32(4,5)31-33(6,7)14-11-19-9-10-21-22(15-19)30-21/h16-17,19,21-22H,8-15,18H2,1-7H3. The van der Waals surface area contributed by atoms with Gasteiger partial charge in [-0.05, 0) is 87.6 Å². The van der Waals surface area contributed by atoms with E-state index in [-0.39, 0.29) is 0 Å². The third kappa shape index (κ3) is 7.99. The Morgan fingerprint density at radius 2 is 1.55 bits per heavy atom. The highest BCUT2D eigenvalue weighted by molar-refractivity contribution is 6.84. The minimum absolute atomic E-state index is 0.521. The van der Waals surface area contributed by atoms with E-state index < -0.39 is 16.6 Å². The van der Waals surface area contributed by atoms with Crippen LogP contribution in [0.15, 0.2) is 12.1 Å². The zero-order valence-corrected chi connectivity index (χ0v) is 23.7. The molecule has 0 N–H and O–H groups in total. The molecule has 1 aliphatic carbocycles. The molecule has 3 unspecified atom stereocenters. The van der Waals surface area contributed by atoms with Crippen molar-refractivity contribution in [3.63, 3.8) is 0 Å². The van der Waals surface area contributed by atoms with E-state index in [9.17, 15) is 0 Å². The molecular weight excluding hydrogens is 452 g/mol. The third-order valence-corrected chi connectivity index (χ3v) is 14.4. The summed E-state index contributed by atoms with van der Waals surface area (Å²) in [5.41, 5.74) is 1.01. The number of fused-ring (bicyclic) bond motifs is 1. The summed E-state index contributed by atoms with van der Waals surface area (Å²) in [6, 6.07) is 6.28. The van der Waals surface area contributed by atoms with Gasteiger partial charge in [-0.15, -0.1) is 0 Å². The van der Waals surface area contributed by atoms with Crippen LogP contribution in [0.5, 0.6) is 17.2 Å². The van der Waals surface area contributed by atoms with Crippen molar-refractivity contribution in [1.82, 2.24) is 0 Å². The van der Waals surface area contributed by atoms with Crippen molar-refractivity contribution in [1.29, 1.82) is 0 Å². The first-order valence-corrected chi connectivity index (χ1v) is 18.6. The summed E-state index contributed by atoms with van der Waals surface area (Å²) in [5.74, 6) is 2.76. The van der Waals surface area contributed by atoms with Crippen LogP contribution >= 0.6 is 0 Å². The molecule has 3 rings (SSSR count). The van der Waals surface area contributed by atoms with Crippen LogP contribution in [0, 0.1) is 5.92 Å². The summed E-state index contributed by atoms with van der Waals surface area (Å²) in [5, 5.41) is 0. The molecule has 1 aromatic rings. The molecule has 0 amide bonds. The predicted molar refractivity (Wildman–Crippen MR) is 137 cm³/mol. The van der Waals surface area contributed by atoms with Crippen molar-refractivity contribution < 1.29 is 27.8 Å². The fourth-order valence-electron chi connectivity index (χ4n) is 5.16. The monoisotopic (exact) mass is 496 g/mol. The lowest BCUT2D eigenvalue weighted by Gasteiger charge is -2.35. The van der Waals surface area contributed by atoms with Crippen molar-refractivity contribution in [2.24, 2.45) is 5.92 Å². The van der Waals surface area contributed by atoms with Gasteiger partial charge in [-0.2, -0.15) is 0 Å². The lowest BCUT2D eigenvalue weighted by molar-refractivity contribution is 0.120. The average molecular weight is 497 g/mol. The van der Waals surface area contributed by atoms with Gasteiger partial charge >= 0.3 is 0 Å². The number of epoxide rings is 1. The second-order valence-electron chi connectivity index (χ2n) is 10.7. The molecule has 0 spiro atoms. The molecule has 2 fully saturated rings. The first-order valence-electron chi connectivity index (χ1n) is 12.4. The number of rotatable bonds is 14. The molecule has 33 heavy (non-hydrogen) atoms. The van der Waals surface area contributed by atoms with E-state index in [0.717, 1.165) is 30.6 Å². The van der Waals surface area contributed by atoms with Gasteiger partial charge in [0.25, 0.3) is 0 Å². The molecule has 2 aliphatic rings. The molecular formula is C25H44O6Si2. The van der Waals surface area contributed by atoms with E-state index in [2.05, 4.69) is 26.2 Å². The van der Waals surface area contributed by atoms with Gasteiger partial charge in [0, 0.05) is 6.61 Å². The molecule has 1 aliphatic heterocycles. The summed E-state index contributed by atoms with van der Waals surface area (Å²) < 4.78 is 34.8. The number of hydrogen-bond donors (Lipinski definition) is 0. The largest absolute Gasteiger partial charge is 0.493 e. The predicted octanol–water partition coefficient (Wildman–Crippen LogP) is 6.00. The highest BCUT2D eigenvalue weighted by atomic mass is 28.4. The SMILES string of the molecule is COc1cc(COCCC[Si](C)(C)O[Si](C)(C)CCC2CCC3OC3C2)cc(OC)c1OC. The lowest BCUT2D eigenvalue weighted by Crippen LogP contribution is -2.44. The third-order valence-electron chi connectivity index (χ3n) is 6.88. The zero-order valence-electron chi connectivity index (χ0n) is 21.7. The maximum Gasteiger partial charge on any atom is 0.203 e. The Morgan fingerprint density at radius 1 is 0.879 bits per heavy atom. The van der Waals surface area contributed by atoms with Crippen molar-refractivity contribution in [2.45, 2.75) is 89.2 Å². The van der Waals surface area contributed by atoms with Crippen molar-refractivity contribution in [3.05, 3.63) is 17.7 Å². The number of methoxy groups -OCH3 is 3. The Bertz CT molecular complexity index is 744. The smallest absolute Gasteiger partial charge is 0.203 e. The highest BCUT2D eigenvalue weighted by Crippen LogP contribution is 2.42. The maximum atomic E-state index is 6.85. The minimum atomic E-state index is -1.70. The molecule has 8 heteroatoms. The normalized spacial score (nSPS) is 22.6. The first-order chi connectivity index (χ1) is 15.7. The van der Waals surface area contributed by atoms with Gasteiger partial charge in [0.05, 0.1) is 40.1 Å². The quantitative estimate of drug-likeness (QED) is 0.179. The summed E-state index contributed by atoms with van der Waals surface area (Å²) in [6.45, 7) is 10.8. The molecule has 0 bridgehead atoms. The Hall–Kier alpha value is -1.07. The van der Waals surface area contributed by atoms with E-state index in [4.69, 9.17) is 27.8 Å². The van der Waals surface area contributed by atoms with Crippen LogP contribution in [0.4, 0.5) is 0 Å². The van der Waals surface area contributed by atoms with Gasteiger partial charge in [-0.3, -0.25) is 0 Å². The molecule has 6 nitrogen and oxygen atoms in total. The van der Waals surface area contributed by atoms with Crippen LogP contribution < -0.4 is 14.2 Å². The topological polar surface area (TPSA) is 58.7 Å². The van der Waals surface area contributed by atoms with E-state index in [1.807, 2.05) is 12.1 Å². The van der Waals surface area contributed by atoms with Gasteiger partial charge in [0.15, 0.2) is 28.1 Å². The second-order valence-corrected chi connectivity index (χ2v) is 19.6. The van der Waals surface area contributed by atoms with Gasteiger partial charge in [0.2, 0.25) is 5.75 Å². The molecule has 1 heterocycles. The summed E-state index contributed by atoms with van der Waals surface area (Å²) in [4.78, 5) is 0. The van der Waals surface area contributed by atoms with Gasteiger partial charge < -0.3 is 27.8 Å². The Morgan fingerprint density at radius 3 is 2.15 bits per heavy atom. The lowest BCUT2D eigenvalue weighted by atomic mass is 9.88. The minimum Gasteiger partial charge on any atom is -0.493 e. The fraction of sp³-hybridized carbons (Fsp3) is 0.760. The molecule has 3 atom stereocenters. The summed E-state index contributed by atoms with van der Waals surface area (Å²) >= 11 is 0. The van der Waals surface area contributed by atoms with Gasteiger partial charge in [-0.1, -0.05) is 6.42 Å². The van der Waals surface area contributed by atoms with Crippen LogP contribution in [-0.2, 0) is 20.2 Å². The highest BCUT2D eigenvalue weighted by Gasteiger charge is 2.44. The van der Waals surface area contributed by atoms with Crippen LogP contribution in [0.3, 0.4) is 0 Å². The molecule has 0 radical (unpaired) electrons. The maximum absolute atomic E-state index is 6.85. The number of hydrogen-bond acceptors (Lipinski definition) is 6. The van der Waals surface area contributed by atoms with Crippen molar-refractivity contribution in [2.75, 3.05) is 27.9 Å². The van der Waals surface area contributed by atoms with E-state index in [1.54, 1.807) is 21.3 Å². The molecule has 188 valence electrons. The summed E-state index contributed by atoms with van der Waals surface area (Å²) in [6.07, 6.45) is 7.42. The number of ether oxygens (including phenoxy) is 5. The van der Waals surface area contributed by atoms with Gasteiger partial charge in [-0.25, -0.2) is 0 Å². The fourth-order valence-corrected chi connectivity index (χ4v) is 14.1. The first kappa shape index (κ1) is 26.5. The van der Waals surface area contributed by atoms with Gasteiger partial charge in [0.1, 0.15) is 0 Å². The second kappa shape index (κ2) is 11.6. The van der Waals surface area contributed by atoms with Crippen molar-refractivity contribution >= 4 is 16.6 Å². The Balaban J connectivity index is 1.37. The molecule has 0 aromatic heterocycles. The van der Waals surface area contributed by atoms with E-state index >= 15 is 0 Å². The summed E-state index contributed by atoms with van der Waals surface area (Å²) in [7, 11) is 1.53. The zero-order chi connectivity index (χ0) is 24.1. The van der Waals surface area contributed by atoms with E-state index in [1.165, 1.54) is 31.7 Å². The van der Waals surface area contributed by atoms with Crippen molar-refractivity contribution in [3.8, 4) is 17.2 Å². The number of benzene rings is 1. The molecule has 1 saturated carbocycles.